The van der Waals surface area contributed by atoms with Gasteiger partial charge in [-0.15, -0.1) is 11.3 Å². The minimum atomic E-state index is 0.951. The number of rotatable bonds is 6. The largest absolute Gasteiger partial charge is 0.348 e. The molecule has 0 spiro atoms. The maximum Gasteiger partial charge on any atom is 0.185 e. The zero-order chi connectivity index (χ0) is 12.8. The summed E-state index contributed by atoms with van der Waals surface area (Å²) in [5, 5.41) is 4.58. The van der Waals surface area contributed by atoms with Crippen molar-refractivity contribution in [2.45, 2.75) is 46.1 Å². The summed E-state index contributed by atoms with van der Waals surface area (Å²) in [5.41, 5.74) is 0. The Morgan fingerprint density at radius 3 is 2.83 bits per heavy atom. The van der Waals surface area contributed by atoms with E-state index in [1.54, 1.807) is 0 Å². The molecule has 4 heteroatoms. The fourth-order valence-electron chi connectivity index (χ4n) is 2.59. The van der Waals surface area contributed by atoms with Crippen LogP contribution in [0.25, 0.3) is 0 Å². The van der Waals surface area contributed by atoms with E-state index in [1.807, 2.05) is 17.5 Å². The zero-order valence-corrected chi connectivity index (χ0v) is 12.4. The van der Waals surface area contributed by atoms with E-state index in [0.717, 1.165) is 19.0 Å². The second-order valence-corrected chi connectivity index (χ2v) is 6.20. The van der Waals surface area contributed by atoms with Gasteiger partial charge in [0.1, 0.15) is 0 Å². The summed E-state index contributed by atoms with van der Waals surface area (Å²) in [6.45, 7) is 8.80. The summed E-state index contributed by atoms with van der Waals surface area (Å²) >= 11 is 1.85. The van der Waals surface area contributed by atoms with Crippen LogP contribution in [0.1, 0.15) is 44.4 Å². The first-order chi connectivity index (χ1) is 8.83. The van der Waals surface area contributed by atoms with Crippen LogP contribution in [0.3, 0.4) is 0 Å². The van der Waals surface area contributed by atoms with Crippen molar-refractivity contribution in [3.8, 4) is 0 Å². The third kappa shape index (κ3) is 3.69. The van der Waals surface area contributed by atoms with Gasteiger partial charge in [-0.2, -0.15) is 0 Å². The van der Waals surface area contributed by atoms with Gasteiger partial charge in [0, 0.05) is 30.7 Å². The average Bonchev–Trinajstić information content (AvgIpc) is 2.86. The summed E-state index contributed by atoms with van der Waals surface area (Å²) < 4.78 is 0. The zero-order valence-electron chi connectivity index (χ0n) is 11.6. The second-order valence-electron chi connectivity index (χ2n) is 5.11. The van der Waals surface area contributed by atoms with E-state index in [1.165, 1.54) is 48.8 Å². The first-order valence-electron chi connectivity index (χ1n) is 7.23. The summed E-state index contributed by atoms with van der Waals surface area (Å²) in [7, 11) is 0. The number of hydrogen-bond acceptors (Lipinski definition) is 4. The van der Waals surface area contributed by atoms with Gasteiger partial charge in [0.2, 0.25) is 0 Å². The third-order valence-corrected chi connectivity index (χ3v) is 4.73. The minimum Gasteiger partial charge on any atom is -0.348 e. The van der Waals surface area contributed by atoms with Crippen molar-refractivity contribution in [2.75, 3.05) is 24.5 Å². The van der Waals surface area contributed by atoms with E-state index in [-0.39, 0.29) is 0 Å². The molecule has 1 saturated heterocycles. The SMILES string of the molecule is CCCC1CCN(c2ncc(CNCC)s2)CC1. The maximum atomic E-state index is 4.57. The van der Waals surface area contributed by atoms with Crippen molar-refractivity contribution in [2.24, 2.45) is 5.92 Å². The molecule has 2 heterocycles. The Morgan fingerprint density at radius 2 is 2.17 bits per heavy atom. The van der Waals surface area contributed by atoms with Crippen molar-refractivity contribution >= 4 is 16.5 Å². The van der Waals surface area contributed by atoms with Crippen LogP contribution in [0.15, 0.2) is 6.20 Å². The molecule has 0 amide bonds. The molecule has 102 valence electrons. The molecule has 1 fully saturated rings. The Balaban J connectivity index is 1.83. The molecule has 1 aliphatic rings. The smallest absolute Gasteiger partial charge is 0.185 e. The summed E-state index contributed by atoms with van der Waals surface area (Å²) in [4.78, 5) is 8.38. The van der Waals surface area contributed by atoms with E-state index < -0.39 is 0 Å². The third-order valence-electron chi connectivity index (χ3n) is 3.67. The second kappa shape index (κ2) is 7.10. The highest BCUT2D eigenvalue weighted by Gasteiger charge is 2.20. The summed E-state index contributed by atoms with van der Waals surface area (Å²) in [6.07, 6.45) is 7.44. The molecule has 1 aromatic heterocycles. The fourth-order valence-corrected chi connectivity index (χ4v) is 3.53. The van der Waals surface area contributed by atoms with Gasteiger partial charge >= 0.3 is 0 Å². The molecule has 0 unspecified atom stereocenters. The number of hydrogen-bond donors (Lipinski definition) is 1. The predicted molar refractivity (Wildman–Crippen MR) is 79.3 cm³/mol. The van der Waals surface area contributed by atoms with Crippen molar-refractivity contribution in [3.05, 3.63) is 11.1 Å². The van der Waals surface area contributed by atoms with Gasteiger partial charge in [-0.3, -0.25) is 0 Å². The summed E-state index contributed by atoms with van der Waals surface area (Å²) in [6, 6.07) is 0. The van der Waals surface area contributed by atoms with Crippen molar-refractivity contribution in [3.63, 3.8) is 0 Å². The Kier molecular flexibility index (Phi) is 5.45. The molecule has 1 aromatic rings. The highest BCUT2D eigenvalue weighted by Crippen LogP contribution is 2.28. The Labute approximate surface area is 115 Å². The van der Waals surface area contributed by atoms with E-state index in [0.29, 0.717) is 0 Å². The molecular formula is C14H25N3S. The molecule has 0 aliphatic carbocycles. The van der Waals surface area contributed by atoms with Crippen LogP contribution in [0.5, 0.6) is 0 Å². The number of piperidine rings is 1. The number of nitrogens with one attached hydrogen (secondary N) is 1. The molecule has 0 radical (unpaired) electrons. The molecule has 0 aromatic carbocycles. The molecule has 0 atom stereocenters. The first-order valence-corrected chi connectivity index (χ1v) is 8.05. The normalized spacial score (nSPS) is 17.3. The van der Waals surface area contributed by atoms with Crippen LogP contribution in [0, 0.1) is 5.92 Å². The Hall–Kier alpha value is -0.610. The van der Waals surface area contributed by atoms with Crippen LogP contribution in [-0.2, 0) is 6.54 Å². The van der Waals surface area contributed by atoms with E-state index in [2.05, 4.69) is 29.0 Å². The molecule has 18 heavy (non-hydrogen) atoms. The van der Waals surface area contributed by atoms with Crippen LogP contribution >= 0.6 is 11.3 Å². The highest BCUT2D eigenvalue weighted by atomic mass is 32.1. The molecular weight excluding hydrogens is 242 g/mol. The lowest BCUT2D eigenvalue weighted by atomic mass is 9.93. The van der Waals surface area contributed by atoms with Gasteiger partial charge in [0.05, 0.1) is 0 Å². The molecule has 0 saturated carbocycles. The standard InChI is InChI=1S/C14H25N3S/c1-3-5-12-6-8-17(9-7-12)14-16-11-13(18-14)10-15-4-2/h11-12,15H,3-10H2,1-2H3. The topological polar surface area (TPSA) is 28.2 Å². The lowest BCUT2D eigenvalue weighted by Gasteiger charge is -2.31. The van der Waals surface area contributed by atoms with Crippen LogP contribution < -0.4 is 10.2 Å². The fraction of sp³-hybridized carbons (Fsp3) is 0.786. The number of aromatic nitrogens is 1. The van der Waals surface area contributed by atoms with Gasteiger partial charge in [0.15, 0.2) is 5.13 Å². The molecule has 1 N–H and O–H groups in total. The quantitative estimate of drug-likeness (QED) is 0.857. The van der Waals surface area contributed by atoms with E-state index in [4.69, 9.17) is 0 Å². The molecule has 0 bridgehead atoms. The van der Waals surface area contributed by atoms with Gasteiger partial charge < -0.3 is 10.2 Å². The van der Waals surface area contributed by atoms with Gasteiger partial charge in [-0.25, -0.2) is 4.98 Å². The number of nitrogens with zero attached hydrogens (tertiary/aromatic N) is 2. The highest BCUT2D eigenvalue weighted by molar-refractivity contribution is 7.15. The van der Waals surface area contributed by atoms with Crippen LogP contribution in [0.4, 0.5) is 5.13 Å². The first kappa shape index (κ1) is 13.8. The summed E-state index contributed by atoms with van der Waals surface area (Å²) in [5.74, 6) is 0.951. The van der Waals surface area contributed by atoms with Crippen LogP contribution in [-0.4, -0.2) is 24.6 Å². The van der Waals surface area contributed by atoms with Gasteiger partial charge in [0.25, 0.3) is 0 Å². The maximum absolute atomic E-state index is 4.57. The van der Waals surface area contributed by atoms with Crippen LogP contribution in [0.2, 0.25) is 0 Å². The Bertz CT molecular complexity index is 343. The Morgan fingerprint density at radius 1 is 1.39 bits per heavy atom. The van der Waals surface area contributed by atoms with Crippen molar-refractivity contribution in [1.29, 1.82) is 0 Å². The van der Waals surface area contributed by atoms with E-state index in [9.17, 15) is 0 Å². The lowest BCUT2D eigenvalue weighted by Crippen LogP contribution is -2.33. The average molecular weight is 267 g/mol. The monoisotopic (exact) mass is 267 g/mol. The predicted octanol–water partition coefficient (Wildman–Crippen LogP) is 3.27. The molecule has 2 rings (SSSR count). The number of thiazole rings is 1. The van der Waals surface area contributed by atoms with Crippen molar-refractivity contribution in [1.82, 2.24) is 10.3 Å². The number of anilines is 1. The van der Waals surface area contributed by atoms with Gasteiger partial charge in [-0.05, 0) is 25.3 Å². The van der Waals surface area contributed by atoms with Crippen molar-refractivity contribution < 1.29 is 0 Å². The molecule has 1 aliphatic heterocycles. The lowest BCUT2D eigenvalue weighted by molar-refractivity contribution is 0.378. The van der Waals surface area contributed by atoms with E-state index >= 15 is 0 Å². The van der Waals surface area contributed by atoms with Gasteiger partial charge in [-0.1, -0.05) is 26.7 Å². The minimum absolute atomic E-state index is 0.951. The molecule has 3 nitrogen and oxygen atoms in total.